The van der Waals surface area contributed by atoms with Crippen LogP contribution >= 0.6 is 0 Å². The van der Waals surface area contributed by atoms with E-state index in [0.717, 1.165) is 6.07 Å². The Balaban J connectivity index is 2.04. The first-order valence-corrected chi connectivity index (χ1v) is 11.8. The Morgan fingerprint density at radius 2 is 1.78 bits per heavy atom. The summed E-state index contributed by atoms with van der Waals surface area (Å²) in [6.07, 6.45) is 0.369. The summed E-state index contributed by atoms with van der Waals surface area (Å²) in [6.45, 7) is 10.2. The summed E-state index contributed by atoms with van der Waals surface area (Å²) in [6, 6.07) is 1.96. The Morgan fingerprint density at radius 1 is 1.17 bits per heavy atom. The number of esters is 1. The molecule has 1 aromatic carbocycles. The highest BCUT2D eigenvalue weighted by molar-refractivity contribution is 5.83. The lowest BCUT2D eigenvalue weighted by Gasteiger charge is -2.34. The lowest BCUT2D eigenvalue weighted by molar-refractivity contribution is -0.146. The van der Waals surface area contributed by atoms with Crippen LogP contribution in [0.4, 0.5) is 13.6 Å². The normalized spacial score (nSPS) is 24.8. The predicted molar refractivity (Wildman–Crippen MR) is 127 cm³/mol. The van der Waals surface area contributed by atoms with E-state index in [2.05, 4.69) is 0 Å². The fourth-order valence-electron chi connectivity index (χ4n) is 5.06. The first-order chi connectivity index (χ1) is 16.6. The third-order valence-corrected chi connectivity index (χ3v) is 6.20. The summed E-state index contributed by atoms with van der Waals surface area (Å²) in [7, 11) is 1.26. The number of carbonyl (C=O) groups excluding carboxylic acids is 3. The second kappa shape index (κ2) is 10.2. The number of methoxy groups -OCH3 is 1. The minimum Gasteiger partial charge on any atom is -0.466 e. The molecule has 2 heterocycles. The van der Waals surface area contributed by atoms with E-state index in [1.54, 1.807) is 34.6 Å². The van der Waals surface area contributed by atoms with Gasteiger partial charge >= 0.3 is 12.1 Å². The van der Waals surface area contributed by atoms with Crippen molar-refractivity contribution in [1.29, 1.82) is 0 Å². The Morgan fingerprint density at radius 3 is 2.31 bits per heavy atom. The van der Waals surface area contributed by atoms with E-state index in [1.807, 2.05) is 0 Å². The first-order valence-electron chi connectivity index (χ1n) is 11.8. The quantitative estimate of drug-likeness (QED) is 0.452. The van der Waals surface area contributed by atoms with Crippen LogP contribution in [0.25, 0.3) is 0 Å². The largest absolute Gasteiger partial charge is 0.466 e. The highest BCUT2D eigenvalue weighted by Crippen LogP contribution is 2.40. The zero-order valence-corrected chi connectivity index (χ0v) is 21.8. The third-order valence-electron chi connectivity index (χ3n) is 6.20. The van der Waals surface area contributed by atoms with Crippen LogP contribution in [-0.2, 0) is 30.2 Å². The van der Waals surface area contributed by atoms with Gasteiger partial charge in [-0.1, -0.05) is 0 Å². The lowest BCUT2D eigenvalue weighted by atomic mass is 9.93. The summed E-state index contributed by atoms with van der Waals surface area (Å²) in [5.41, 5.74) is -0.837. The van der Waals surface area contributed by atoms with Crippen LogP contribution in [0.2, 0.25) is 0 Å². The molecule has 0 radical (unpaired) electrons. The van der Waals surface area contributed by atoms with Crippen LogP contribution in [0, 0.1) is 11.6 Å². The number of nitrogens with zero attached hydrogens (tertiary/aromatic N) is 2. The number of rotatable bonds is 4. The second-order valence-electron chi connectivity index (χ2n) is 10.7. The summed E-state index contributed by atoms with van der Waals surface area (Å²) in [5.74, 6) is -2.29. The van der Waals surface area contributed by atoms with E-state index in [9.17, 15) is 23.2 Å². The molecule has 36 heavy (non-hydrogen) atoms. The minimum atomic E-state index is -1.05. The first kappa shape index (κ1) is 27.6. The molecule has 1 aromatic rings. The van der Waals surface area contributed by atoms with Gasteiger partial charge in [0.15, 0.2) is 0 Å². The van der Waals surface area contributed by atoms with Crippen LogP contribution in [-0.4, -0.2) is 70.9 Å². The number of amides is 2. The Hall–Kier alpha value is -3.01. The number of halogens is 2. The predicted octanol–water partition coefficient (Wildman–Crippen LogP) is 3.97. The van der Waals surface area contributed by atoms with Crippen LogP contribution < -0.4 is 0 Å². The average Bonchev–Trinajstić information content (AvgIpc) is 3.23. The van der Waals surface area contributed by atoms with Crippen molar-refractivity contribution >= 4 is 18.0 Å². The van der Waals surface area contributed by atoms with Crippen molar-refractivity contribution in [2.45, 2.75) is 83.9 Å². The van der Waals surface area contributed by atoms with Crippen molar-refractivity contribution in [2.24, 2.45) is 0 Å². The molecular formula is C26H34F2N2O6. The number of carbonyl (C=O) groups is 3. The van der Waals surface area contributed by atoms with Gasteiger partial charge in [0, 0.05) is 25.6 Å². The van der Waals surface area contributed by atoms with Gasteiger partial charge in [-0.25, -0.2) is 18.4 Å². The van der Waals surface area contributed by atoms with E-state index in [4.69, 9.17) is 14.2 Å². The molecule has 0 aromatic heterocycles. The fourth-order valence-corrected chi connectivity index (χ4v) is 5.06. The molecule has 0 N–H and O–H groups in total. The Labute approximate surface area is 210 Å². The molecule has 0 saturated carbocycles. The van der Waals surface area contributed by atoms with Gasteiger partial charge in [0.05, 0.1) is 19.2 Å². The number of benzene rings is 1. The number of hydrogen-bond donors (Lipinski definition) is 0. The van der Waals surface area contributed by atoms with Crippen molar-refractivity contribution in [3.63, 3.8) is 0 Å². The smallest absolute Gasteiger partial charge is 0.410 e. The SMILES string of the molecule is COC(=O)C=C1C[C@H]([C@H]2OC(C)(C)N(C(C)=O)[C@H]2Cc2cc(F)cc(F)c2)N(C(=O)OC(C)(C)C)C1. The van der Waals surface area contributed by atoms with Crippen molar-refractivity contribution in [3.8, 4) is 0 Å². The van der Waals surface area contributed by atoms with E-state index >= 15 is 0 Å². The van der Waals surface area contributed by atoms with Crippen molar-refractivity contribution < 1.29 is 37.4 Å². The van der Waals surface area contributed by atoms with E-state index in [0.29, 0.717) is 11.1 Å². The standard InChI is InChI=1S/C26H34F2N2O6/c1-15(31)30-21(10-16-8-18(27)13-19(28)9-16)23(35-26(30,5)6)20-11-17(12-22(32)34-7)14-29(20)24(33)36-25(2,3)4/h8-9,12-13,20-21,23H,10-11,14H2,1-7H3/t20-,21+,23-/m1/s1. The van der Waals surface area contributed by atoms with E-state index in [-0.39, 0.29) is 25.3 Å². The number of likely N-dealkylation sites (tertiary alicyclic amines) is 1. The van der Waals surface area contributed by atoms with Crippen molar-refractivity contribution in [3.05, 3.63) is 47.0 Å². The molecule has 2 fully saturated rings. The highest BCUT2D eigenvalue weighted by atomic mass is 19.1. The van der Waals surface area contributed by atoms with Crippen molar-refractivity contribution in [1.82, 2.24) is 9.80 Å². The van der Waals surface area contributed by atoms with Crippen LogP contribution in [0.5, 0.6) is 0 Å². The van der Waals surface area contributed by atoms with Gasteiger partial charge in [0.1, 0.15) is 29.1 Å². The maximum absolute atomic E-state index is 14.0. The monoisotopic (exact) mass is 508 g/mol. The third kappa shape index (κ3) is 6.21. The van der Waals surface area contributed by atoms with Crippen LogP contribution in [0.1, 0.15) is 53.5 Å². The maximum atomic E-state index is 14.0. The molecule has 2 aliphatic rings. The van der Waals surface area contributed by atoms with Crippen LogP contribution in [0.15, 0.2) is 29.8 Å². The van der Waals surface area contributed by atoms with E-state index in [1.165, 1.54) is 42.0 Å². The van der Waals surface area contributed by atoms with Gasteiger partial charge in [-0.15, -0.1) is 0 Å². The minimum absolute atomic E-state index is 0.0943. The summed E-state index contributed by atoms with van der Waals surface area (Å²) in [5, 5.41) is 0. The second-order valence-corrected chi connectivity index (χ2v) is 10.7. The van der Waals surface area contributed by atoms with Gasteiger partial charge in [-0.05, 0) is 70.7 Å². The molecule has 0 bridgehead atoms. The van der Waals surface area contributed by atoms with Gasteiger partial charge < -0.3 is 19.1 Å². The van der Waals surface area contributed by atoms with Gasteiger partial charge in [0.25, 0.3) is 0 Å². The Bertz CT molecular complexity index is 1040. The number of hydrogen-bond acceptors (Lipinski definition) is 6. The summed E-state index contributed by atoms with van der Waals surface area (Å²) in [4.78, 5) is 40.9. The maximum Gasteiger partial charge on any atom is 0.410 e. The van der Waals surface area contributed by atoms with Gasteiger partial charge in [0.2, 0.25) is 5.91 Å². The zero-order chi connectivity index (χ0) is 27.0. The molecule has 0 spiro atoms. The Kier molecular flexibility index (Phi) is 7.78. The lowest BCUT2D eigenvalue weighted by Crippen LogP contribution is -2.52. The summed E-state index contributed by atoms with van der Waals surface area (Å²) < 4.78 is 44.7. The molecule has 3 rings (SSSR count). The molecule has 2 saturated heterocycles. The number of ether oxygens (including phenoxy) is 3. The molecule has 0 aliphatic carbocycles. The zero-order valence-electron chi connectivity index (χ0n) is 21.8. The van der Waals surface area contributed by atoms with Crippen molar-refractivity contribution in [2.75, 3.05) is 13.7 Å². The average molecular weight is 509 g/mol. The van der Waals surface area contributed by atoms with Gasteiger partial charge in [-0.3, -0.25) is 9.69 Å². The van der Waals surface area contributed by atoms with E-state index < -0.39 is 53.2 Å². The molecule has 2 amide bonds. The molecule has 3 atom stereocenters. The molecule has 8 nitrogen and oxygen atoms in total. The van der Waals surface area contributed by atoms with Crippen LogP contribution in [0.3, 0.4) is 0 Å². The summed E-state index contributed by atoms with van der Waals surface area (Å²) >= 11 is 0. The van der Waals surface area contributed by atoms with Gasteiger partial charge in [-0.2, -0.15) is 0 Å². The molecule has 198 valence electrons. The molecular weight excluding hydrogens is 474 g/mol. The molecule has 10 heteroatoms. The highest BCUT2D eigenvalue weighted by Gasteiger charge is 2.54. The fraction of sp³-hybridized carbons (Fsp3) is 0.577. The topological polar surface area (TPSA) is 85.4 Å². The molecule has 2 aliphatic heterocycles. The molecule has 0 unspecified atom stereocenters.